The summed E-state index contributed by atoms with van der Waals surface area (Å²) in [4.78, 5) is 8.70. The fraction of sp³-hybridized carbons (Fsp3) is 0.500. The van der Waals surface area contributed by atoms with Crippen LogP contribution >= 0.6 is 0 Å². The molecule has 1 atom stereocenters. The van der Waals surface area contributed by atoms with Gasteiger partial charge in [-0.1, -0.05) is 0 Å². The third kappa shape index (κ3) is 2.60. The van der Waals surface area contributed by atoms with Gasteiger partial charge in [0.15, 0.2) is 5.82 Å². The molecule has 2 aromatic rings. The average molecular weight is 249 g/mol. The second kappa shape index (κ2) is 5.79. The van der Waals surface area contributed by atoms with Crippen LogP contribution < -0.4 is 11.1 Å². The van der Waals surface area contributed by atoms with Crippen molar-refractivity contribution in [2.75, 3.05) is 25.6 Å². The lowest BCUT2D eigenvalue weighted by Crippen LogP contribution is -2.28. The summed E-state index contributed by atoms with van der Waals surface area (Å²) in [7, 11) is 3.64. The molecule has 0 saturated carbocycles. The molecule has 18 heavy (non-hydrogen) atoms. The van der Waals surface area contributed by atoms with E-state index in [0.29, 0.717) is 13.2 Å². The van der Waals surface area contributed by atoms with Crippen LogP contribution in [-0.4, -0.2) is 40.8 Å². The smallest absolute Gasteiger partial charge is 0.154 e. The Morgan fingerprint density at radius 1 is 1.50 bits per heavy atom. The summed E-state index contributed by atoms with van der Waals surface area (Å²) >= 11 is 0. The van der Waals surface area contributed by atoms with Gasteiger partial charge in [0.2, 0.25) is 0 Å². The molecule has 0 radical (unpaired) electrons. The van der Waals surface area contributed by atoms with E-state index in [1.807, 2.05) is 17.7 Å². The monoisotopic (exact) mass is 249 g/mol. The van der Waals surface area contributed by atoms with Crippen molar-refractivity contribution in [1.29, 1.82) is 0 Å². The number of rotatable bonds is 6. The maximum absolute atomic E-state index is 5.59. The van der Waals surface area contributed by atoms with Gasteiger partial charge in [0.05, 0.1) is 24.5 Å². The van der Waals surface area contributed by atoms with Crippen molar-refractivity contribution in [2.45, 2.75) is 12.5 Å². The Bertz CT molecular complexity index is 504. The first-order chi connectivity index (χ1) is 8.76. The molecule has 2 rings (SSSR count). The van der Waals surface area contributed by atoms with Gasteiger partial charge in [0, 0.05) is 20.4 Å². The third-order valence-electron chi connectivity index (χ3n) is 2.87. The van der Waals surface area contributed by atoms with Gasteiger partial charge in [-0.05, 0) is 19.0 Å². The number of nitrogens with one attached hydrogen (secondary N) is 1. The van der Waals surface area contributed by atoms with Crippen molar-refractivity contribution in [3.63, 3.8) is 0 Å². The minimum absolute atomic E-state index is 0.153. The van der Waals surface area contributed by atoms with Gasteiger partial charge >= 0.3 is 0 Å². The van der Waals surface area contributed by atoms with Gasteiger partial charge in [-0.3, -0.25) is 0 Å². The van der Waals surface area contributed by atoms with E-state index < -0.39 is 0 Å². The first kappa shape index (κ1) is 12.8. The second-order valence-electron chi connectivity index (χ2n) is 4.26. The largest absolute Gasteiger partial charge is 0.383 e. The minimum Gasteiger partial charge on any atom is -0.383 e. The standard InChI is InChI=1S/C12H19N5O/c1-17-8-15-11-10(17)4-6-14-12(11)16-9(3-5-13)7-18-2/h4,6,8-9H,3,5,7,13H2,1-2H3,(H,14,16). The van der Waals surface area contributed by atoms with E-state index >= 15 is 0 Å². The lowest BCUT2D eigenvalue weighted by atomic mass is 10.2. The minimum atomic E-state index is 0.153. The highest BCUT2D eigenvalue weighted by Gasteiger charge is 2.12. The van der Waals surface area contributed by atoms with Crippen LogP contribution in [0.1, 0.15) is 6.42 Å². The molecule has 0 aliphatic carbocycles. The number of hydrogen-bond donors (Lipinski definition) is 2. The van der Waals surface area contributed by atoms with E-state index in [1.165, 1.54) is 0 Å². The highest BCUT2D eigenvalue weighted by molar-refractivity contribution is 5.85. The molecule has 6 nitrogen and oxygen atoms in total. The lowest BCUT2D eigenvalue weighted by Gasteiger charge is -2.17. The van der Waals surface area contributed by atoms with Crippen molar-refractivity contribution in [1.82, 2.24) is 14.5 Å². The SMILES string of the molecule is COCC(CCN)Nc1nccc2c1ncn2C. The summed E-state index contributed by atoms with van der Waals surface area (Å²) < 4.78 is 7.14. The summed E-state index contributed by atoms with van der Waals surface area (Å²) in [5, 5.41) is 3.35. The summed E-state index contributed by atoms with van der Waals surface area (Å²) in [5.74, 6) is 0.781. The number of aryl methyl sites for hydroxylation is 1. The second-order valence-corrected chi connectivity index (χ2v) is 4.26. The van der Waals surface area contributed by atoms with Gasteiger partial charge in [0.25, 0.3) is 0 Å². The molecule has 0 fully saturated rings. The van der Waals surface area contributed by atoms with Gasteiger partial charge < -0.3 is 20.4 Å². The molecule has 0 saturated heterocycles. The topological polar surface area (TPSA) is 78.0 Å². The highest BCUT2D eigenvalue weighted by atomic mass is 16.5. The zero-order valence-corrected chi connectivity index (χ0v) is 10.8. The van der Waals surface area contributed by atoms with Crippen LogP contribution in [0.2, 0.25) is 0 Å². The number of aromatic nitrogens is 3. The van der Waals surface area contributed by atoms with Gasteiger partial charge in [0.1, 0.15) is 5.52 Å². The normalized spacial score (nSPS) is 12.8. The van der Waals surface area contributed by atoms with Crippen LogP contribution in [0.15, 0.2) is 18.6 Å². The van der Waals surface area contributed by atoms with E-state index in [0.717, 1.165) is 23.3 Å². The highest BCUT2D eigenvalue weighted by Crippen LogP contribution is 2.19. The number of pyridine rings is 1. The summed E-state index contributed by atoms with van der Waals surface area (Å²) in [5.41, 5.74) is 7.52. The molecule has 98 valence electrons. The van der Waals surface area contributed by atoms with Gasteiger partial charge in [-0.15, -0.1) is 0 Å². The molecule has 0 spiro atoms. The number of imidazole rings is 1. The van der Waals surface area contributed by atoms with Crippen molar-refractivity contribution < 1.29 is 4.74 Å². The third-order valence-corrected chi connectivity index (χ3v) is 2.87. The number of anilines is 1. The van der Waals surface area contributed by atoms with Gasteiger partial charge in [-0.25, -0.2) is 9.97 Å². The number of hydrogen-bond acceptors (Lipinski definition) is 5. The molecule has 0 aromatic carbocycles. The Labute approximate surface area is 106 Å². The van der Waals surface area contributed by atoms with Crippen LogP contribution in [0.25, 0.3) is 11.0 Å². The van der Waals surface area contributed by atoms with E-state index in [4.69, 9.17) is 10.5 Å². The van der Waals surface area contributed by atoms with E-state index in [1.54, 1.807) is 19.6 Å². The van der Waals surface area contributed by atoms with Crippen LogP contribution in [0.5, 0.6) is 0 Å². The molecule has 0 aliphatic rings. The fourth-order valence-corrected chi connectivity index (χ4v) is 1.96. The fourth-order valence-electron chi connectivity index (χ4n) is 1.96. The zero-order valence-electron chi connectivity index (χ0n) is 10.8. The van der Waals surface area contributed by atoms with Crippen molar-refractivity contribution in [3.05, 3.63) is 18.6 Å². The van der Waals surface area contributed by atoms with Crippen LogP contribution in [0, 0.1) is 0 Å². The Morgan fingerprint density at radius 2 is 2.33 bits per heavy atom. The number of methoxy groups -OCH3 is 1. The molecule has 0 aliphatic heterocycles. The Balaban J connectivity index is 2.24. The van der Waals surface area contributed by atoms with Crippen molar-refractivity contribution in [3.8, 4) is 0 Å². The number of nitrogens with two attached hydrogens (primary N) is 1. The van der Waals surface area contributed by atoms with E-state index in [9.17, 15) is 0 Å². The molecule has 6 heteroatoms. The zero-order chi connectivity index (χ0) is 13.0. The Hall–Kier alpha value is -1.66. The molecule has 2 aromatic heterocycles. The molecular formula is C12H19N5O. The summed E-state index contributed by atoms with van der Waals surface area (Å²) in [6.45, 7) is 1.21. The number of nitrogens with zero attached hydrogens (tertiary/aromatic N) is 3. The van der Waals surface area contributed by atoms with Crippen LogP contribution in [0.3, 0.4) is 0 Å². The predicted octanol–water partition coefficient (Wildman–Crippen LogP) is 0.744. The number of ether oxygens (including phenoxy) is 1. The maximum atomic E-state index is 5.59. The van der Waals surface area contributed by atoms with E-state index in [-0.39, 0.29) is 6.04 Å². The van der Waals surface area contributed by atoms with Crippen LogP contribution in [0.4, 0.5) is 5.82 Å². The molecule has 1 unspecified atom stereocenters. The van der Waals surface area contributed by atoms with Gasteiger partial charge in [-0.2, -0.15) is 0 Å². The van der Waals surface area contributed by atoms with Crippen LogP contribution in [-0.2, 0) is 11.8 Å². The first-order valence-corrected chi connectivity index (χ1v) is 5.97. The molecule has 2 heterocycles. The molecule has 0 amide bonds. The quantitative estimate of drug-likeness (QED) is 0.789. The van der Waals surface area contributed by atoms with E-state index in [2.05, 4.69) is 15.3 Å². The molecule has 3 N–H and O–H groups in total. The summed E-state index contributed by atoms with van der Waals surface area (Å²) in [6, 6.07) is 2.10. The first-order valence-electron chi connectivity index (χ1n) is 5.97. The van der Waals surface area contributed by atoms with Crippen molar-refractivity contribution >= 4 is 16.9 Å². The number of fused-ring (bicyclic) bond motifs is 1. The molecule has 0 bridgehead atoms. The predicted molar refractivity (Wildman–Crippen MR) is 71.5 cm³/mol. The van der Waals surface area contributed by atoms with Crippen molar-refractivity contribution in [2.24, 2.45) is 12.8 Å². The molecular weight excluding hydrogens is 230 g/mol. The average Bonchev–Trinajstić information content (AvgIpc) is 2.73. The Kier molecular flexibility index (Phi) is 4.11. The lowest BCUT2D eigenvalue weighted by molar-refractivity contribution is 0.183. The Morgan fingerprint density at radius 3 is 3.06 bits per heavy atom. The summed E-state index contributed by atoms with van der Waals surface area (Å²) in [6.07, 6.45) is 4.39. The maximum Gasteiger partial charge on any atom is 0.154 e.